The average Bonchev–Trinajstić information content (AvgIpc) is 3.28. The molecule has 0 aromatic carbocycles. The maximum Gasteiger partial charge on any atom is 0.310 e. The summed E-state index contributed by atoms with van der Waals surface area (Å²) in [6, 6.07) is 1.69. The van der Waals surface area contributed by atoms with E-state index in [1.807, 2.05) is 13.8 Å². The van der Waals surface area contributed by atoms with Gasteiger partial charge >= 0.3 is 17.9 Å². The highest BCUT2D eigenvalue weighted by Gasteiger charge is 2.67. The third-order valence-corrected chi connectivity index (χ3v) is 7.75. The lowest BCUT2D eigenvalue weighted by Crippen LogP contribution is -2.64. The average molecular weight is 435 g/mol. The fourth-order valence-corrected chi connectivity index (χ4v) is 6.39. The minimum atomic E-state index is -3.05. The number of esters is 3. The Morgan fingerprint density at radius 3 is 2.68 bits per heavy atom. The van der Waals surface area contributed by atoms with Crippen LogP contribution in [0, 0.1) is 28.6 Å². The summed E-state index contributed by atoms with van der Waals surface area (Å²) in [6.45, 7) is 0.600. The quantitative estimate of drug-likeness (QED) is 0.526. The summed E-state index contributed by atoms with van der Waals surface area (Å²) < 4.78 is 43.0. The van der Waals surface area contributed by atoms with Crippen LogP contribution in [-0.4, -0.2) is 36.9 Å². The number of rotatable bonds is 3. The molecule has 2 heterocycles. The van der Waals surface area contributed by atoms with Crippen LogP contribution < -0.4 is 0 Å². The van der Waals surface area contributed by atoms with Crippen LogP contribution >= 0.6 is 0 Å². The summed E-state index contributed by atoms with van der Waals surface area (Å²) in [5.74, 6) is -5.28. The second-order valence-corrected chi connectivity index (χ2v) is 9.33. The Labute approximate surface area is 184 Å². The molecule has 8 heteroatoms. The normalized spacial score (nSPS) is 41.5. The van der Waals surface area contributed by atoms with Gasteiger partial charge in [0, 0.05) is 28.9 Å². The van der Waals surface area contributed by atoms with Crippen LogP contribution in [0.5, 0.6) is 0 Å². The van der Waals surface area contributed by atoms with Crippen molar-refractivity contribution in [3.8, 4) is 0 Å². The fourth-order valence-electron chi connectivity index (χ4n) is 6.39. The van der Waals surface area contributed by atoms with E-state index in [4.69, 9.17) is 22.7 Å². The number of methoxy groups -OCH3 is 1. The van der Waals surface area contributed by atoms with E-state index >= 15 is 0 Å². The number of carbonyl (C=O) groups excluding carboxylic acids is 4. The molecule has 3 fully saturated rings. The number of furan rings is 1. The van der Waals surface area contributed by atoms with Crippen molar-refractivity contribution in [1.82, 2.24) is 0 Å². The predicted octanol–water partition coefficient (Wildman–Crippen LogP) is 3.00. The molecule has 168 valence electrons. The van der Waals surface area contributed by atoms with Gasteiger partial charge in [-0.2, -0.15) is 0 Å². The molecule has 0 spiro atoms. The number of ketones is 1. The standard InChI is InChI=1S/C23H28O8/c1-12(24)30-16-9-15(20(26)28-4)22(2)7-5-14-21(27)31-17(13-6-8-29-11-13)10-23(14,3)19(22)18(16)25/h6,8,11,14-17,19H,5,7,9-10H2,1-4H3/t14-,15-,16-,17-,19-,22-,23-/m0/s1/i1D3. The summed E-state index contributed by atoms with van der Waals surface area (Å²) in [5.41, 5.74) is -1.16. The number of Topliss-reactive ketones (excluding diaryl/α,β-unsaturated/α-hetero) is 1. The van der Waals surface area contributed by atoms with Gasteiger partial charge in [-0.15, -0.1) is 0 Å². The van der Waals surface area contributed by atoms with E-state index in [0.29, 0.717) is 24.8 Å². The lowest BCUT2D eigenvalue weighted by molar-refractivity contribution is -0.210. The van der Waals surface area contributed by atoms with Crippen LogP contribution in [0.15, 0.2) is 23.0 Å². The first-order valence-corrected chi connectivity index (χ1v) is 10.4. The molecule has 7 atom stereocenters. The molecule has 2 aliphatic carbocycles. The van der Waals surface area contributed by atoms with Gasteiger partial charge in [-0.1, -0.05) is 13.8 Å². The second kappa shape index (κ2) is 7.50. The number of ether oxygens (including phenoxy) is 3. The summed E-state index contributed by atoms with van der Waals surface area (Å²) in [7, 11) is 1.24. The predicted molar refractivity (Wildman–Crippen MR) is 105 cm³/mol. The Morgan fingerprint density at radius 2 is 2.03 bits per heavy atom. The topological polar surface area (TPSA) is 109 Å². The summed E-state index contributed by atoms with van der Waals surface area (Å²) in [5, 5.41) is 0. The first-order valence-electron chi connectivity index (χ1n) is 11.9. The fraction of sp³-hybridized carbons (Fsp3) is 0.652. The second-order valence-electron chi connectivity index (χ2n) is 9.33. The zero-order chi connectivity index (χ0) is 25.1. The van der Waals surface area contributed by atoms with E-state index in [0.717, 1.165) is 0 Å². The van der Waals surface area contributed by atoms with Gasteiger partial charge in [0.25, 0.3) is 0 Å². The molecule has 1 aromatic rings. The molecule has 0 amide bonds. The summed E-state index contributed by atoms with van der Waals surface area (Å²) in [4.78, 5) is 51.9. The third kappa shape index (κ3) is 3.27. The zero-order valence-electron chi connectivity index (χ0n) is 20.7. The van der Waals surface area contributed by atoms with E-state index < -0.39 is 71.3 Å². The van der Waals surface area contributed by atoms with Crippen LogP contribution in [0.4, 0.5) is 0 Å². The van der Waals surface area contributed by atoms with Crippen molar-refractivity contribution in [3.63, 3.8) is 0 Å². The molecule has 1 aliphatic heterocycles. The molecule has 1 saturated heterocycles. The zero-order valence-corrected chi connectivity index (χ0v) is 17.7. The molecule has 0 unspecified atom stereocenters. The molecule has 0 bridgehead atoms. The maximum absolute atomic E-state index is 13.9. The van der Waals surface area contributed by atoms with Crippen LogP contribution in [0.3, 0.4) is 0 Å². The maximum atomic E-state index is 13.9. The molecule has 0 N–H and O–H groups in total. The highest BCUT2D eigenvalue weighted by molar-refractivity contribution is 5.93. The van der Waals surface area contributed by atoms with Crippen LogP contribution in [0.2, 0.25) is 0 Å². The lowest BCUT2D eigenvalue weighted by Gasteiger charge is -2.60. The van der Waals surface area contributed by atoms with Crippen molar-refractivity contribution < 1.29 is 41.9 Å². The Hall–Kier alpha value is -2.64. The van der Waals surface area contributed by atoms with Gasteiger partial charge in [0.1, 0.15) is 6.10 Å². The number of carbonyl (C=O) groups is 4. The minimum absolute atomic E-state index is 0.170. The van der Waals surface area contributed by atoms with Crippen molar-refractivity contribution in [3.05, 3.63) is 24.2 Å². The van der Waals surface area contributed by atoms with Crippen molar-refractivity contribution in [2.24, 2.45) is 28.6 Å². The minimum Gasteiger partial charge on any atom is -0.472 e. The molecule has 0 radical (unpaired) electrons. The van der Waals surface area contributed by atoms with Gasteiger partial charge in [0.2, 0.25) is 0 Å². The Morgan fingerprint density at radius 1 is 1.26 bits per heavy atom. The molecular weight excluding hydrogens is 404 g/mol. The van der Waals surface area contributed by atoms with Gasteiger partial charge in [0.05, 0.1) is 31.5 Å². The number of hydrogen-bond donors (Lipinski definition) is 0. The Balaban J connectivity index is 1.78. The molecule has 1 aromatic heterocycles. The molecular formula is C23H28O8. The van der Waals surface area contributed by atoms with Crippen molar-refractivity contribution in [1.29, 1.82) is 0 Å². The monoisotopic (exact) mass is 435 g/mol. The lowest BCUT2D eigenvalue weighted by atomic mass is 9.43. The number of fused-ring (bicyclic) bond motifs is 3. The van der Waals surface area contributed by atoms with Crippen LogP contribution in [0.1, 0.15) is 62.2 Å². The molecule has 4 rings (SSSR count). The highest BCUT2D eigenvalue weighted by Crippen LogP contribution is 2.65. The van der Waals surface area contributed by atoms with Gasteiger partial charge in [0.15, 0.2) is 11.9 Å². The molecule has 8 nitrogen and oxygen atoms in total. The van der Waals surface area contributed by atoms with Crippen molar-refractivity contribution >= 4 is 23.7 Å². The van der Waals surface area contributed by atoms with Gasteiger partial charge < -0.3 is 18.6 Å². The van der Waals surface area contributed by atoms with Gasteiger partial charge in [-0.3, -0.25) is 19.2 Å². The van der Waals surface area contributed by atoms with Gasteiger partial charge in [-0.05, 0) is 36.2 Å². The SMILES string of the molecule is [2H]C([2H])([2H])C(=O)O[C@H]1C[C@@H](C(=O)OC)[C@]2(C)CC[C@H]3C(=O)O[C@H](c4ccoc4)C[C@]3(C)[C@H]2C1=O. The summed E-state index contributed by atoms with van der Waals surface area (Å²) >= 11 is 0. The van der Waals surface area contributed by atoms with E-state index in [1.54, 1.807) is 6.07 Å². The highest BCUT2D eigenvalue weighted by atomic mass is 16.6. The van der Waals surface area contributed by atoms with E-state index in [1.165, 1.54) is 19.6 Å². The van der Waals surface area contributed by atoms with E-state index in [2.05, 4.69) is 0 Å². The summed E-state index contributed by atoms with van der Waals surface area (Å²) in [6.07, 6.45) is 1.78. The van der Waals surface area contributed by atoms with Crippen LogP contribution in [0.25, 0.3) is 0 Å². The Bertz CT molecular complexity index is 1000. The first kappa shape index (κ1) is 18.0. The third-order valence-electron chi connectivity index (χ3n) is 7.75. The first-order chi connectivity index (χ1) is 15.8. The smallest absolute Gasteiger partial charge is 0.310 e. The molecule has 31 heavy (non-hydrogen) atoms. The van der Waals surface area contributed by atoms with E-state index in [-0.39, 0.29) is 6.42 Å². The molecule has 2 saturated carbocycles. The van der Waals surface area contributed by atoms with Crippen molar-refractivity contribution in [2.75, 3.05) is 7.11 Å². The van der Waals surface area contributed by atoms with Crippen molar-refractivity contribution in [2.45, 2.75) is 58.6 Å². The van der Waals surface area contributed by atoms with Gasteiger partial charge in [-0.25, -0.2) is 0 Å². The number of hydrogen-bond acceptors (Lipinski definition) is 8. The Kier molecular flexibility index (Phi) is 4.35. The molecule has 3 aliphatic rings. The van der Waals surface area contributed by atoms with E-state index in [9.17, 15) is 19.2 Å². The van der Waals surface area contributed by atoms with Crippen LogP contribution in [-0.2, 0) is 33.4 Å². The largest absolute Gasteiger partial charge is 0.472 e. The number of cyclic esters (lactones) is 1.